The number of fused-ring (bicyclic) bond motifs is 1. The van der Waals surface area contributed by atoms with E-state index in [1.165, 1.54) is 15.6 Å². The standard InChI is InChI=1S/C8H6BrS.C4H10N.2CH3.2ClH.H2Si.Zr/c1-5-2-6-7(9)4-10-8(6)3-5;1-4(2,3)5;;;;;;/h2H,4H2,1H3;5H,1-3H3;2*1H3;2*1H;1H2;/q;-1;;;;;;+1. The molecular formula is C14H26BrCl2NSSiZr. The van der Waals surface area contributed by atoms with E-state index in [-0.39, 0.29) is 30.4 Å². The molecule has 0 fully saturated rings. The molecule has 0 saturated carbocycles. The van der Waals surface area contributed by atoms with E-state index in [4.69, 9.17) is 0 Å². The molecule has 2 aliphatic rings. The molecule has 0 atom stereocenters. The molecule has 1 aliphatic carbocycles. The van der Waals surface area contributed by atoms with E-state index in [1.807, 2.05) is 11.8 Å². The van der Waals surface area contributed by atoms with Gasteiger partial charge >= 0.3 is 134 Å². The SMILES string of the molecule is CC1=CC2=C(Br)CSC2=[C]1[Zr]([CH3])([CH3])(=[SiH2])[NH]C(C)(C)C.Cl.Cl. The van der Waals surface area contributed by atoms with Gasteiger partial charge in [0, 0.05) is 0 Å². The van der Waals surface area contributed by atoms with Crippen molar-refractivity contribution < 1.29 is 17.7 Å². The second-order valence-electron chi connectivity index (χ2n) is 7.70. The van der Waals surface area contributed by atoms with Gasteiger partial charge in [0.05, 0.1) is 0 Å². The molecule has 1 nitrogen and oxygen atoms in total. The van der Waals surface area contributed by atoms with E-state index in [2.05, 4.69) is 69.1 Å². The van der Waals surface area contributed by atoms with Gasteiger partial charge in [-0.05, 0) is 0 Å². The molecule has 0 amide bonds. The minimum atomic E-state index is -3.04. The number of nitrogens with one attached hydrogen (secondary N) is 1. The third-order valence-electron chi connectivity index (χ3n) is 3.44. The summed E-state index contributed by atoms with van der Waals surface area (Å²) in [7, 11) is 0. The molecule has 0 unspecified atom stereocenters. The van der Waals surface area contributed by atoms with Gasteiger partial charge in [-0.25, -0.2) is 0 Å². The monoisotopic (exact) mass is 507 g/mol. The summed E-state index contributed by atoms with van der Waals surface area (Å²) in [5.74, 6) is 1.10. The summed E-state index contributed by atoms with van der Waals surface area (Å²) in [5, 5.41) is 0. The molecule has 122 valence electrons. The fourth-order valence-corrected chi connectivity index (χ4v) is 26.0. The predicted molar refractivity (Wildman–Crippen MR) is 107 cm³/mol. The second kappa shape index (κ2) is 6.90. The molecule has 1 heterocycles. The van der Waals surface area contributed by atoms with Crippen LogP contribution < -0.4 is 3.26 Å². The van der Waals surface area contributed by atoms with E-state index in [0.29, 0.717) is 0 Å². The van der Waals surface area contributed by atoms with Crippen molar-refractivity contribution in [2.24, 2.45) is 0 Å². The van der Waals surface area contributed by atoms with Crippen LogP contribution in [0.5, 0.6) is 0 Å². The minimum Gasteiger partial charge on any atom is -0.147 e. The van der Waals surface area contributed by atoms with Crippen LogP contribution in [0.15, 0.2) is 29.9 Å². The van der Waals surface area contributed by atoms with Gasteiger partial charge in [0.25, 0.3) is 0 Å². The molecule has 2 rings (SSSR count). The molecule has 0 saturated heterocycles. The summed E-state index contributed by atoms with van der Waals surface area (Å²) < 4.78 is 12.1. The van der Waals surface area contributed by atoms with Gasteiger partial charge < -0.3 is 0 Å². The van der Waals surface area contributed by atoms with Gasteiger partial charge in [0.15, 0.2) is 0 Å². The summed E-state index contributed by atoms with van der Waals surface area (Å²) >= 11 is 2.70. The summed E-state index contributed by atoms with van der Waals surface area (Å²) in [6.07, 6.45) is 2.38. The van der Waals surface area contributed by atoms with Gasteiger partial charge in [-0.15, -0.1) is 24.8 Å². The molecule has 1 aliphatic heterocycles. The van der Waals surface area contributed by atoms with Crippen LogP contribution in [0.3, 0.4) is 0 Å². The topological polar surface area (TPSA) is 12.0 Å². The Labute approximate surface area is 157 Å². The zero-order valence-electron chi connectivity index (χ0n) is 13.6. The molecule has 0 spiro atoms. The van der Waals surface area contributed by atoms with Crippen LogP contribution in [-0.4, -0.2) is 18.2 Å². The average Bonchev–Trinajstić information content (AvgIpc) is 2.60. The maximum Gasteiger partial charge on any atom is -0.147 e. The molecule has 0 aromatic heterocycles. The third-order valence-corrected chi connectivity index (χ3v) is 18.6. The normalized spacial score (nSPS) is 19.1. The number of hydrogen-bond donors (Lipinski definition) is 1. The molecule has 0 radical (unpaired) electrons. The Balaban J connectivity index is 0.00000200. The number of rotatable bonds is 2. The number of hydrogen-bond acceptors (Lipinski definition) is 2. The van der Waals surface area contributed by atoms with Crippen molar-refractivity contribution >= 4 is 59.4 Å². The Hall–Kier alpha value is 1.69. The van der Waals surface area contributed by atoms with Crippen molar-refractivity contribution in [3.63, 3.8) is 0 Å². The smallest absolute Gasteiger partial charge is 0.147 e. The molecule has 0 aromatic carbocycles. The zero-order chi connectivity index (χ0) is 14.7. The van der Waals surface area contributed by atoms with Crippen LogP contribution in [0.25, 0.3) is 0 Å². The van der Waals surface area contributed by atoms with Crippen LogP contribution in [0, 0.1) is 0 Å². The molecule has 1 N–H and O–H groups in total. The fourth-order valence-electron chi connectivity index (χ4n) is 3.49. The Kier molecular flexibility index (Phi) is 7.45. The van der Waals surface area contributed by atoms with Gasteiger partial charge in [0.1, 0.15) is 0 Å². The van der Waals surface area contributed by atoms with E-state index < -0.39 is 17.7 Å². The van der Waals surface area contributed by atoms with Crippen LogP contribution in [0.2, 0.25) is 9.26 Å². The van der Waals surface area contributed by atoms with Gasteiger partial charge in [-0.3, -0.25) is 0 Å². The third kappa shape index (κ3) is 4.84. The predicted octanol–water partition coefficient (Wildman–Crippen LogP) is 5.03. The summed E-state index contributed by atoms with van der Waals surface area (Å²) in [6.45, 7) is 11.4. The minimum absolute atomic E-state index is 0. The summed E-state index contributed by atoms with van der Waals surface area (Å²) in [4.78, 5) is 1.55. The first-order valence-corrected chi connectivity index (χ1v) is 21.8. The molecule has 21 heavy (non-hydrogen) atoms. The van der Waals surface area contributed by atoms with Crippen LogP contribution >= 0.6 is 52.5 Å². The molecule has 7 heteroatoms. The Bertz CT molecular complexity index is 611. The quantitative estimate of drug-likeness (QED) is 0.523. The molecular weight excluding hydrogens is 484 g/mol. The first-order valence-electron chi connectivity index (χ1n) is 6.72. The van der Waals surface area contributed by atoms with Crippen molar-refractivity contribution in [1.29, 1.82) is 0 Å². The average molecular weight is 511 g/mol. The van der Waals surface area contributed by atoms with E-state index in [9.17, 15) is 0 Å². The maximum atomic E-state index is 4.04. The number of allylic oxidation sites excluding steroid dienone is 4. The number of thioether (sulfide) groups is 1. The Morgan fingerprint density at radius 2 is 1.81 bits per heavy atom. The van der Waals surface area contributed by atoms with Gasteiger partial charge in [0.2, 0.25) is 0 Å². The van der Waals surface area contributed by atoms with E-state index in [0.717, 1.165) is 5.75 Å². The molecule has 0 aromatic rings. The Morgan fingerprint density at radius 1 is 1.29 bits per heavy atom. The largest absolute Gasteiger partial charge is 0.147 e. The van der Waals surface area contributed by atoms with E-state index in [1.54, 1.807) is 8.19 Å². The van der Waals surface area contributed by atoms with Gasteiger partial charge in [-0.1, -0.05) is 0 Å². The first kappa shape index (κ1) is 22.7. The van der Waals surface area contributed by atoms with Crippen molar-refractivity contribution in [3.8, 4) is 0 Å². The van der Waals surface area contributed by atoms with Crippen LogP contribution in [-0.2, 0) is 17.7 Å². The number of halogens is 3. The van der Waals surface area contributed by atoms with Crippen LogP contribution in [0.4, 0.5) is 0 Å². The fraction of sp³-hybridized carbons (Fsp3) is 0.571. The molecule has 0 bridgehead atoms. The summed E-state index contributed by atoms with van der Waals surface area (Å²) in [5.41, 5.74) is 3.11. The van der Waals surface area contributed by atoms with Crippen molar-refractivity contribution in [2.75, 3.05) is 5.75 Å². The first-order chi connectivity index (χ1) is 8.39. The van der Waals surface area contributed by atoms with Crippen molar-refractivity contribution in [2.45, 2.75) is 42.5 Å². The zero-order valence-corrected chi connectivity index (χ0v) is 21.5. The van der Waals surface area contributed by atoms with E-state index >= 15 is 0 Å². The second-order valence-corrected chi connectivity index (χ2v) is 37.2. The van der Waals surface area contributed by atoms with Crippen LogP contribution in [0.1, 0.15) is 27.7 Å². The maximum absolute atomic E-state index is 4.04. The summed E-state index contributed by atoms with van der Waals surface area (Å²) in [6, 6.07) is 0. The van der Waals surface area contributed by atoms with Crippen molar-refractivity contribution in [3.05, 3.63) is 29.9 Å². The Morgan fingerprint density at radius 3 is 2.29 bits per heavy atom. The van der Waals surface area contributed by atoms with Gasteiger partial charge in [-0.2, -0.15) is 0 Å². The van der Waals surface area contributed by atoms with Crippen molar-refractivity contribution in [1.82, 2.24) is 3.26 Å².